The number of methoxy groups -OCH3 is 1. The van der Waals surface area contributed by atoms with E-state index in [0.29, 0.717) is 6.42 Å². The zero-order chi connectivity index (χ0) is 13.4. The van der Waals surface area contributed by atoms with Crippen molar-refractivity contribution in [3.63, 3.8) is 0 Å². The third kappa shape index (κ3) is 4.88. The maximum Gasteiger partial charge on any atom is 0.305 e. The summed E-state index contributed by atoms with van der Waals surface area (Å²) in [6, 6.07) is 7.97. The number of aliphatic hydroxyl groups is 1. The quantitative estimate of drug-likeness (QED) is 0.757. The van der Waals surface area contributed by atoms with E-state index in [1.165, 1.54) is 12.7 Å². The summed E-state index contributed by atoms with van der Waals surface area (Å²) in [5, 5.41) is 9.83. The van der Waals surface area contributed by atoms with E-state index in [-0.39, 0.29) is 12.1 Å². The number of carbonyl (C=O) groups excluding carboxylic acids is 1. The fourth-order valence-corrected chi connectivity index (χ4v) is 1.89. The number of esters is 1. The molecule has 0 heterocycles. The van der Waals surface area contributed by atoms with Gasteiger partial charge in [0.05, 0.1) is 13.2 Å². The van der Waals surface area contributed by atoms with Crippen molar-refractivity contribution in [1.29, 1.82) is 0 Å². The van der Waals surface area contributed by atoms with Crippen LogP contribution in [0, 0.1) is 0 Å². The molecule has 0 bridgehead atoms. The van der Waals surface area contributed by atoms with Crippen LogP contribution < -0.4 is 0 Å². The van der Waals surface area contributed by atoms with Gasteiger partial charge in [-0.2, -0.15) is 0 Å². The Morgan fingerprint density at radius 2 is 2.00 bits per heavy atom. The number of hydrogen-bond donors (Lipinski definition) is 1. The van der Waals surface area contributed by atoms with Gasteiger partial charge < -0.3 is 9.84 Å². The lowest BCUT2D eigenvalue weighted by Crippen LogP contribution is -2.01. The molecule has 0 radical (unpaired) electrons. The van der Waals surface area contributed by atoms with Gasteiger partial charge in [0.25, 0.3) is 0 Å². The van der Waals surface area contributed by atoms with E-state index in [0.717, 1.165) is 31.2 Å². The first-order valence-corrected chi connectivity index (χ1v) is 6.51. The highest BCUT2D eigenvalue weighted by molar-refractivity contribution is 5.69. The molecule has 3 nitrogen and oxygen atoms in total. The Morgan fingerprint density at radius 1 is 1.33 bits per heavy atom. The number of aliphatic hydroxyl groups excluding tert-OH is 1. The van der Waals surface area contributed by atoms with Crippen LogP contribution in [0.4, 0.5) is 0 Å². The van der Waals surface area contributed by atoms with Gasteiger partial charge in [-0.05, 0) is 30.4 Å². The third-order valence-corrected chi connectivity index (χ3v) is 3.00. The van der Waals surface area contributed by atoms with Gasteiger partial charge in [0.2, 0.25) is 0 Å². The minimum atomic E-state index is -0.362. The second-order valence-electron chi connectivity index (χ2n) is 4.48. The summed E-state index contributed by atoms with van der Waals surface area (Å²) in [6.45, 7) is 2.06. The number of benzene rings is 1. The van der Waals surface area contributed by atoms with Crippen LogP contribution in [0.15, 0.2) is 24.3 Å². The van der Waals surface area contributed by atoms with E-state index in [1.807, 2.05) is 24.3 Å². The molecule has 0 spiro atoms. The molecule has 0 aromatic heterocycles. The van der Waals surface area contributed by atoms with E-state index < -0.39 is 0 Å². The smallest absolute Gasteiger partial charge is 0.305 e. The fraction of sp³-hybridized carbons (Fsp3) is 0.533. The number of ether oxygens (including phenoxy) is 1. The molecule has 3 heteroatoms. The first-order valence-electron chi connectivity index (χ1n) is 6.51. The molecule has 1 atom stereocenters. The predicted octanol–water partition coefficient (Wildman–Crippen LogP) is 3.02. The Hall–Kier alpha value is -1.35. The lowest BCUT2D eigenvalue weighted by molar-refractivity contribution is -0.140. The van der Waals surface area contributed by atoms with Crippen molar-refractivity contribution < 1.29 is 14.6 Å². The molecule has 1 aromatic rings. The van der Waals surface area contributed by atoms with Crippen LogP contribution in [-0.4, -0.2) is 18.2 Å². The lowest BCUT2D eigenvalue weighted by atomic mass is 10.0. The Kier molecular flexibility index (Phi) is 6.44. The average molecular weight is 250 g/mol. The van der Waals surface area contributed by atoms with Crippen LogP contribution in [0.2, 0.25) is 0 Å². The predicted molar refractivity (Wildman–Crippen MR) is 71.3 cm³/mol. The summed E-state index contributed by atoms with van der Waals surface area (Å²) < 4.78 is 4.59. The van der Waals surface area contributed by atoms with E-state index in [9.17, 15) is 9.90 Å². The minimum Gasteiger partial charge on any atom is -0.469 e. The number of hydrogen-bond acceptors (Lipinski definition) is 3. The van der Waals surface area contributed by atoms with Gasteiger partial charge >= 0.3 is 5.97 Å². The van der Waals surface area contributed by atoms with Crippen molar-refractivity contribution in [3.8, 4) is 0 Å². The van der Waals surface area contributed by atoms with E-state index in [1.54, 1.807) is 0 Å². The molecule has 18 heavy (non-hydrogen) atoms. The first-order chi connectivity index (χ1) is 8.67. The van der Waals surface area contributed by atoms with Crippen molar-refractivity contribution in [1.82, 2.24) is 0 Å². The summed E-state index contributed by atoms with van der Waals surface area (Å²) >= 11 is 0. The highest BCUT2D eigenvalue weighted by Crippen LogP contribution is 2.19. The normalized spacial score (nSPS) is 12.2. The first kappa shape index (κ1) is 14.7. The summed E-state index contributed by atoms with van der Waals surface area (Å²) in [6.07, 6.45) is 3.52. The van der Waals surface area contributed by atoms with Crippen LogP contribution in [0.5, 0.6) is 0 Å². The summed E-state index contributed by atoms with van der Waals surface area (Å²) in [7, 11) is 1.41. The van der Waals surface area contributed by atoms with Crippen molar-refractivity contribution >= 4 is 5.97 Å². The zero-order valence-electron chi connectivity index (χ0n) is 11.2. The van der Waals surface area contributed by atoms with Crippen molar-refractivity contribution in [2.45, 2.75) is 45.1 Å². The van der Waals surface area contributed by atoms with Gasteiger partial charge in [0, 0.05) is 6.42 Å². The Balaban J connectivity index is 2.42. The molecular weight excluding hydrogens is 228 g/mol. The molecule has 0 saturated heterocycles. The molecule has 1 rings (SSSR count). The Morgan fingerprint density at radius 3 is 2.56 bits per heavy atom. The van der Waals surface area contributed by atoms with Gasteiger partial charge in [0.15, 0.2) is 0 Å². The largest absolute Gasteiger partial charge is 0.469 e. The molecule has 0 aliphatic rings. The second kappa shape index (κ2) is 7.88. The minimum absolute atomic E-state index is 0.162. The average Bonchev–Trinajstić information content (AvgIpc) is 2.39. The molecule has 0 saturated carbocycles. The van der Waals surface area contributed by atoms with Crippen LogP contribution in [-0.2, 0) is 16.0 Å². The number of rotatable bonds is 7. The molecule has 0 aliphatic carbocycles. The van der Waals surface area contributed by atoms with Gasteiger partial charge in [-0.1, -0.05) is 37.6 Å². The molecule has 0 amide bonds. The SMILES string of the molecule is CCCC(O)c1ccc(CCCC(=O)OC)cc1. The molecule has 0 fully saturated rings. The fourth-order valence-electron chi connectivity index (χ4n) is 1.89. The van der Waals surface area contributed by atoms with Crippen LogP contribution in [0.1, 0.15) is 49.8 Å². The third-order valence-electron chi connectivity index (χ3n) is 3.00. The number of aryl methyl sites for hydroxylation is 1. The lowest BCUT2D eigenvalue weighted by Gasteiger charge is -2.10. The topological polar surface area (TPSA) is 46.5 Å². The van der Waals surface area contributed by atoms with Crippen LogP contribution in [0.25, 0.3) is 0 Å². The van der Waals surface area contributed by atoms with Gasteiger partial charge in [-0.3, -0.25) is 4.79 Å². The molecule has 1 unspecified atom stereocenters. The van der Waals surface area contributed by atoms with Crippen LogP contribution in [0.3, 0.4) is 0 Å². The Labute approximate surface area is 109 Å². The monoisotopic (exact) mass is 250 g/mol. The van der Waals surface area contributed by atoms with Gasteiger partial charge in [0.1, 0.15) is 0 Å². The zero-order valence-corrected chi connectivity index (χ0v) is 11.2. The Bertz CT molecular complexity index is 357. The second-order valence-corrected chi connectivity index (χ2v) is 4.48. The maximum absolute atomic E-state index is 11.0. The molecule has 1 aromatic carbocycles. The van der Waals surface area contributed by atoms with Crippen LogP contribution >= 0.6 is 0 Å². The highest BCUT2D eigenvalue weighted by Gasteiger charge is 2.06. The van der Waals surface area contributed by atoms with Gasteiger partial charge in [-0.15, -0.1) is 0 Å². The molecule has 100 valence electrons. The van der Waals surface area contributed by atoms with Crippen molar-refractivity contribution in [3.05, 3.63) is 35.4 Å². The van der Waals surface area contributed by atoms with Crippen molar-refractivity contribution in [2.24, 2.45) is 0 Å². The molecular formula is C15H22O3. The van der Waals surface area contributed by atoms with Gasteiger partial charge in [-0.25, -0.2) is 0 Å². The summed E-state index contributed by atoms with van der Waals surface area (Å²) in [5.74, 6) is -0.162. The maximum atomic E-state index is 11.0. The highest BCUT2D eigenvalue weighted by atomic mass is 16.5. The van der Waals surface area contributed by atoms with E-state index in [4.69, 9.17) is 0 Å². The summed E-state index contributed by atoms with van der Waals surface area (Å²) in [4.78, 5) is 11.0. The van der Waals surface area contributed by atoms with E-state index >= 15 is 0 Å². The molecule has 1 N–H and O–H groups in total. The van der Waals surface area contributed by atoms with E-state index in [2.05, 4.69) is 11.7 Å². The standard InChI is InChI=1S/C15H22O3/c1-3-5-14(16)13-10-8-12(9-11-13)6-4-7-15(17)18-2/h8-11,14,16H,3-7H2,1-2H3. The number of carbonyl (C=O) groups is 1. The van der Waals surface area contributed by atoms with Crippen molar-refractivity contribution in [2.75, 3.05) is 7.11 Å². The molecule has 0 aliphatic heterocycles. The summed E-state index contributed by atoms with van der Waals surface area (Å²) in [5.41, 5.74) is 2.15.